The van der Waals surface area contributed by atoms with Gasteiger partial charge in [-0.3, -0.25) is 4.79 Å². The van der Waals surface area contributed by atoms with E-state index in [1.165, 1.54) is 5.56 Å². The van der Waals surface area contributed by atoms with Gasteiger partial charge in [-0.1, -0.05) is 18.2 Å². The molecule has 4 heteroatoms. The second kappa shape index (κ2) is 3.65. The molecule has 0 atom stereocenters. The van der Waals surface area contributed by atoms with Gasteiger partial charge in [-0.25, -0.2) is 0 Å². The van der Waals surface area contributed by atoms with E-state index in [0.717, 1.165) is 25.1 Å². The molecule has 0 saturated carbocycles. The second-order valence-electron chi connectivity index (χ2n) is 4.84. The van der Waals surface area contributed by atoms with Gasteiger partial charge in [-0.15, -0.1) is 0 Å². The molecule has 0 aliphatic carbocycles. The maximum absolute atomic E-state index is 12.1. The molecule has 1 aromatic carbocycles. The number of benzene rings is 1. The van der Waals surface area contributed by atoms with Crippen LogP contribution in [0.1, 0.15) is 25.3 Å². The normalized spacial score (nSPS) is 19.2. The lowest BCUT2D eigenvalue weighted by Gasteiger charge is -2.17. The van der Waals surface area contributed by atoms with Crippen molar-refractivity contribution in [2.45, 2.75) is 31.8 Å². The van der Waals surface area contributed by atoms with Gasteiger partial charge in [0, 0.05) is 25.1 Å². The van der Waals surface area contributed by atoms with Gasteiger partial charge in [-0.05, 0) is 25.0 Å². The predicted molar refractivity (Wildman–Crippen MR) is 65.0 cm³/mol. The standard InChI is InChI=1S/C13H15N3O/c1-13(14-15-13)8-6-12(17)16-9-7-10-4-2-3-5-11(10)16/h2-5H,6-9H2,1H3. The van der Waals surface area contributed by atoms with E-state index < -0.39 is 0 Å². The van der Waals surface area contributed by atoms with Crippen LogP contribution in [0, 0.1) is 0 Å². The van der Waals surface area contributed by atoms with E-state index in [9.17, 15) is 4.79 Å². The van der Waals surface area contributed by atoms with Crippen molar-refractivity contribution < 1.29 is 4.79 Å². The number of anilines is 1. The Morgan fingerprint density at radius 2 is 2.18 bits per heavy atom. The van der Waals surface area contributed by atoms with Crippen molar-refractivity contribution in [3.05, 3.63) is 29.8 Å². The van der Waals surface area contributed by atoms with Gasteiger partial charge < -0.3 is 4.90 Å². The molecule has 0 radical (unpaired) electrons. The van der Waals surface area contributed by atoms with Gasteiger partial charge in [0.25, 0.3) is 0 Å². The van der Waals surface area contributed by atoms with Crippen molar-refractivity contribution in [3.63, 3.8) is 0 Å². The lowest BCUT2D eigenvalue weighted by molar-refractivity contribution is -0.118. The molecule has 2 aliphatic rings. The van der Waals surface area contributed by atoms with Gasteiger partial charge in [0.15, 0.2) is 5.66 Å². The van der Waals surface area contributed by atoms with Crippen LogP contribution >= 0.6 is 0 Å². The number of carbonyl (C=O) groups is 1. The van der Waals surface area contributed by atoms with Crippen LogP contribution in [0.15, 0.2) is 34.5 Å². The average Bonchev–Trinajstić information content (AvgIpc) is 2.93. The number of carbonyl (C=O) groups excluding carboxylic acids is 1. The Hall–Kier alpha value is -1.71. The third-order valence-corrected chi connectivity index (χ3v) is 3.44. The average molecular weight is 229 g/mol. The van der Waals surface area contributed by atoms with Crippen molar-refractivity contribution in [1.29, 1.82) is 0 Å². The number of amides is 1. The van der Waals surface area contributed by atoms with E-state index in [-0.39, 0.29) is 11.6 Å². The van der Waals surface area contributed by atoms with Crippen molar-refractivity contribution in [1.82, 2.24) is 0 Å². The maximum atomic E-state index is 12.1. The topological polar surface area (TPSA) is 45.0 Å². The molecule has 3 rings (SSSR count). The molecule has 88 valence electrons. The quantitative estimate of drug-likeness (QED) is 0.785. The van der Waals surface area contributed by atoms with Crippen LogP contribution in [0.5, 0.6) is 0 Å². The van der Waals surface area contributed by atoms with Crippen molar-refractivity contribution in [2.75, 3.05) is 11.4 Å². The predicted octanol–water partition coefficient (Wildman–Crippen LogP) is 2.54. The third kappa shape index (κ3) is 1.95. The molecule has 0 aromatic heterocycles. The number of nitrogens with zero attached hydrogens (tertiary/aromatic N) is 3. The zero-order valence-electron chi connectivity index (χ0n) is 9.89. The maximum Gasteiger partial charge on any atom is 0.227 e. The minimum Gasteiger partial charge on any atom is -0.312 e. The smallest absolute Gasteiger partial charge is 0.227 e. The first kappa shape index (κ1) is 10.4. The molecule has 0 spiro atoms. The summed E-state index contributed by atoms with van der Waals surface area (Å²) < 4.78 is 0. The summed E-state index contributed by atoms with van der Waals surface area (Å²) in [5.74, 6) is 0.188. The van der Waals surface area contributed by atoms with E-state index in [1.807, 2.05) is 30.0 Å². The molecule has 1 amide bonds. The summed E-state index contributed by atoms with van der Waals surface area (Å²) in [7, 11) is 0. The van der Waals surface area contributed by atoms with Crippen LogP contribution in [0.2, 0.25) is 0 Å². The molecule has 0 N–H and O–H groups in total. The van der Waals surface area contributed by atoms with Crippen molar-refractivity contribution in [3.8, 4) is 0 Å². The highest BCUT2D eigenvalue weighted by Gasteiger charge is 2.35. The van der Waals surface area contributed by atoms with E-state index in [1.54, 1.807) is 0 Å². The van der Waals surface area contributed by atoms with Crippen LogP contribution < -0.4 is 4.90 Å². The highest BCUT2D eigenvalue weighted by molar-refractivity contribution is 5.95. The van der Waals surface area contributed by atoms with Gasteiger partial charge >= 0.3 is 0 Å². The largest absolute Gasteiger partial charge is 0.312 e. The fourth-order valence-corrected chi connectivity index (χ4v) is 2.26. The molecule has 4 nitrogen and oxygen atoms in total. The molecule has 0 unspecified atom stereocenters. The van der Waals surface area contributed by atoms with E-state index >= 15 is 0 Å². The van der Waals surface area contributed by atoms with Crippen LogP contribution in [0.25, 0.3) is 0 Å². The summed E-state index contributed by atoms with van der Waals surface area (Å²) in [6.07, 6.45) is 2.22. The Labute approximate surface area is 100 Å². The third-order valence-electron chi connectivity index (χ3n) is 3.44. The van der Waals surface area contributed by atoms with Crippen LogP contribution in [0.4, 0.5) is 5.69 Å². The van der Waals surface area contributed by atoms with Gasteiger partial charge in [0.05, 0.1) is 0 Å². The minimum atomic E-state index is -0.269. The molecule has 0 saturated heterocycles. The summed E-state index contributed by atoms with van der Waals surface area (Å²) in [4.78, 5) is 14.0. The van der Waals surface area contributed by atoms with E-state index in [0.29, 0.717) is 6.42 Å². The van der Waals surface area contributed by atoms with Crippen molar-refractivity contribution in [2.24, 2.45) is 10.2 Å². The second-order valence-corrected chi connectivity index (χ2v) is 4.84. The first-order valence-corrected chi connectivity index (χ1v) is 6.00. The molecule has 17 heavy (non-hydrogen) atoms. The molecule has 2 aliphatic heterocycles. The fraction of sp³-hybridized carbons (Fsp3) is 0.462. The minimum absolute atomic E-state index is 0.188. The zero-order chi connectivity index (χ0) is 11.9. The molecule has 1 aromatic rings. The Morgan fingerprint density at radius 3 is 2.94 bits per heavy atom. The number of fused-ring (bicyclic) bond motifs is 1. The van der Waals surface area contributed by atoms with E-state index in [2.05, 4.69) is 16.3 Å². The Kier molecular flexibility index (Phi) is 2.24. The molecule has 0 bridgehead atoms. The Bertz CT molecular complexity index is 489. The lowest BCUT2D eigenvalue weighted by Crippen LogP contribution is -2.29. The molecular formula is C13H15N3O. The number of rotatable bonds is 3. The summed E-state index contributed by atoms with van der Waals surface area (Å²) in [5.41, 5.74) is 2.08. The summed E-state index contributed by atoms with van der Waals surface area (Å²) in [6.45, 7) is 2.77. The fourth-order valence-electron chi connectivity index (χ4n) is 2.26. The van der Waals surface area contributed by atoms with Gasteiger partial charge in [0.1, 0.15) is 0 Å². The summed E-state index contributed by atoms with van der Waals surface area (Å²) in [6, 6.07) is 8.12. The number of para-hydroxylation sites is 1. The van der Waals surface area contributed by atoms with Crippen molar-refractivity contribution >= 4 is 11.6 Å². The van der Waals surface area contributed by atoms with Crippen LogP contribution in [-0.2, 0) is 11.2 Å². The Morgan fingerprint density at radius 1 is 1.41 bits per heavy atom. The van der Waals surface area contributed by atoms with Gasteiger partial charge in [-0.2, -0.15) is 10.2 Å². The Balaban J connectivity index is 1.67. The van der Waals surface area contributed by atoms with Crippen LogP contribution in [0.3, 0.4) is 0 Å². The number of hydrogen-bond acceptors (Lipinski definition) is 3. The summed E-state index contributed by atoms with van der Waals surface area (Å²) >= 11 is 0. The number of hydrogen-bond donors (Lipinski definition) is 0. The molecular weight excluding hydrogens is 214 g/mol. The first-order valence-electron chi connectivity index (χ1n) is 6.00. The summed E-state index contributed by atoms with van der Waals surface area (Å²) in [5, 5.41) is 7.86. The van der Waals surface area contributed by atoms with E-state index in [4.69, 9.17) is 0 Å². The van der Waals surface area contributed by atoms with Gasteiger partial charge in [0.2, 0.25) is 5.91 Å². The first-order chi connectivity index (χ1) is 8.18. The van der Waals surface area contributed by atoms with Crippen LogP contribution in [-0.4, -0.2) is 18.1 Å². The lowest BCUT2D eigenvalue weighted by atomic mass is 10.1. The highest BCUT2D eigenvalue weighted by atomic mass is 16.2. The highest BCUT2D eigenvalue weighted by Crippen LogP contribution is 2.33. The SMILES string of the molecule is CC1(CCC(=O)N2CCc3ccccc32)N=N1. The molecule has 0 fully saturated rings. The zero-order valence-corrected chi connectivity index (χ0v) is 9.89. The molecule has 2 heterocycles. The monoisotopic (exact) mass is 229 g/mol.